The van der Waals surface area contributed by atoms with Crippen molar-refractivity contribution in [3.63, 3.8) is 0 Å². The third-order valence-electron chi connectivity index (χ3n) is 10.8. The van der Waals surface area contributed by atoms with E-state index >= 15 is 0 Å². The van der Waals surface area contributed by atoms with Gasteiger partial charge in [-0.1, -0.05) is 33.6 Å². The second-order valence-electron chi connectivity index (χ2n) is 12.0. The maximum absolute atomic E-state index is 11.6. The summed E-state index contributed by atoms with van der Waals surface area (Å²) < 4.78 is 0. The molecule has 4 heteroatoms. The van der Waals surface area contributed by atoms with Crippen LogP contribution in [0.5, 0.6) is 0 Å². The highest BCUT2D eigenvalue weighted by Gasteiger charge is 2.63. The number of carboxylic acids is 1. The van der Waals surface area contributed by atoms with Crippen LogP contribution in [0.3, 0.4) is 0 Å². The fourth-order valence-corrected chi connectivity index (χ4v) is 9.10. The van der Waals surface area contributed by atoms with Crippen molar-refractivity contribution in [1.29, 1.82) is 0 Å². The fourth-order valence-electron chi connectivity index (χ4n) is 9.10. The number of aliphatic carboxylic acids is 1. The largest absolute Gasteiger partial charge is 0.481 e. The summed E-state index contributed by atoms with van der Waals surface area (Å²) in [7, 11) is 0. The van der Waals surface area contributed by atoms with Crippen molar-refractivity contribution in [2.45, 2.75) is 110 Å². The Hall–Kier alpha value is -0.610. The summed E-state index contributed by atoms with van der Waals surface area (Å²) in [4.78, 5) is 10.8. The molecule has 0 radical (unpaired) electrons. The van der Waals surface area contributed by atoms with Crippen molar-refractivity contribution in [2.24, 2.45) is 46.3 Å². The van der Waals surface area contributed by atoms with Gasteiger partial charge in [0.25, 0.3) is 0 Å². The summed E-state index contributed by atoms with van der Waals surface area (Å²) in [5.41, 5.74) is 0.315. The molecule has 0 spiro atoms. The van der Waals surface area contributed by atoms with Crippen molar-refractivity contribution >= 4 is 5.97 Å². The monoisotopic (exact) mass is 420 g/mol. The van der Waals surface area contributed by atoms with Gasteiger partial charge >= 0.3 is 5.97 Å². The van der Waals surface area contributed by atoms with Gasteiger partial charge in [-0.2, -0.15) is 0 Å². The van der Waals surface area contributed by atoms with Crippen LogP contribution in [-0.2, 0) is 4.79 Å². The Bertz CT molecular complexity index is 635. The number of unbranched alkanes of at least 4 members (excludes halogenated alkanes) is 1. The number of carboxylic acid groups (broad SMARTS) is 1. The summed E-state index contributed by atoms with van der Waals surface area (Å²) >= 11 is 0. The van der Waals surface area contributed by atoms with Crippen molar-refractivity contribution in [3.05, 3.63) is 0 Å². The van der Waals surface area contributed by atoms with Gasteiger partial charge in [0, 0.05) is 6.42 Å². The minimum atomic E-state index is -0.691. The lowest BCUT2D eigenvalue weighted by molar-refractivity contribution is -0.174. The average molecular weight is 421 g/mol. The van der Waals surface area contributed by atoms with E-state index in [2.05, 4.69) is 20.8 Å². The highest BCUT2D eigenvalue weighted by Crippen LogP contribution is 2.68. The molecule has 4 aliphatic rings. The second kappa shape index (κ2) is 8.39. The minimum Gasteiger partial charge on any atom is -0.481 e. The molecule has 0 aromatic heterocycles. The molecule has 7 unspecified atom stereocenters. The Labute approximate surface area is 182 Å². The molecule has 0 amide bonds. The van der Waals surface area contributed by atoms with Crippen molar-refractivity contribution in [2.75, 3.05) is 0 Å². The van der Waals surface area contributed by atoms with E-state index in [-0.39, 0.29) is 24.0 Å². The topological polar surface area (TPSA) is 77.8 Å². The molecule has 0 saturated heterocycles. The van der Waals surface area contributed by atoms with Gasteiger partial charge in [-0.05, 0) is 104 Å². The summed E-state index contributed by atoms with van der Waals surface area (Å²) in [5.74, 6) is 3.02. The van der Waals surface area contributed by atoms with E-state index in [0.717, 1.165) is 50.9 Å². The lowest BCUT2D eigenvalue weighted by Gasteiger charge is -2.62. The van der Waals surface area contributed by atoms with Crippen LogP contribution in [-0.4, -0.2) is 33.5 Å². The van der Waals surface area contributed by atoms with E-state index in [9.17, 15) is 15.0 Å². The number of fused-ring (bicyclic) bond motifs is 5. The number of aliphatic hydroxyl groups excluding tert-OH is 2. The summed E-state index contributed by atoms with van der Waals surface area (Å²) in [6.07, 6.45) is 11.8. The number of rotatable bonds is 6. The van der Waals surface area contributed by atoms with Gasteiger partial charge in [-0.3, -0.25) is 4.79 Å². The standard InChI is InChI=1S/C26H44O4/c1-16(6-4-5-7-24(29)30)20-10-11-21-19-9-8-17-14-18(27)12-13-25(17,2)22(19)15-23(28)26(20,21)3/h16-23,27-28H,4-15H2,1-3H3,(H,29,30)/t16?,17?,18?,19?,20-,21?,22?,23?,25+,26-/m1/s1. The van der Waals surface area contributed by atoms with Crippen LogP contribution < -0.4 is 0 Å². The molecular weight excluding hydrogens is 376 g/mol. The maximum Gasteiger partial charge on any atom is 0.303 e. The molecule has 4 nitrogen and oxygen atoms in total. The molecule has 0 aromatic rings. The van der Waals surface area contributed by atoms with Crippen LogP contribution in [0.1, 0.15) is 97.8 Å². The maximum atomic E-state index is 11.6. The number of hydrogen-bond donors (Lipinski definition) is 3. The van der Waals surface area contributed by atoms with Gasteiger partial charge in [0.2, 0.25) is 0 Å². The van der Waals surface area contributed by atoms with Gasteiger partial charge in [-0.15, -0.1) is 0 Å². The van der Waals surface area contributed by atoms with E-state index < -0.39 is 5.97 Å². The molecule has 3 N–H and O–H groups in total. The predicted molar refractivity (Wildman–Crippen MR) is 118 cm³/mol. The van der Waals surface area contributed by atoms with E-state index in [1.807, 2.05) is 0 Å². The lowest BCUT2D eigenvalue weighted by atomic mass is 9.43. The Morgan fingerprint density at radius 3 is 2.50 bits per heavy atom. The fraction of sp³-hybridized carbons (Fsp3) is 0.962. The quantitative estimate of drug-likeness (QED) is 0.512. The number of carbonyl (C=O) groups is 1. The van der Waals surface area contributed by atoms with Gasteiger partial charge < -0.3 is 15.3 Å². The van der Waals surface area contributed by atoms with E-state index in [1.54, 1.807) is 0 Å². The highest BCUT2D eigenvalue weighted by molar-refractivity contribution is 5.66. The zero-order valence-electron chi connectivity index (χ0n) is 19.4. The molecule has 4 rings (SSSR count). The van der Waals surface area contributed by atoms with E-state index in [1.165, 1.54) is 25.7 Å². The van der Waals surface area contributed by atoms with E-state index in [0.29, 0.717) is 35.0 Å². The molecule has 30 heavy (non-hydrogen) atoms. The first-order valence-electron chi connectivity index (χ1n) is 12.8. The Kier molecular flexibility index (Phi) is 6.31. The van der Waals surface area contributed by atoms with Gasteiger partial charge in [0.05, 0.1) is 12.2 Å². The zero-order chi connectivity index (χ0) is 21.7. The first kappa shape index (κ1) is 22.6. The molecule has 0 heterocycles. The Morgan fingerprint density at radius 1 is 1.00 bits per heavy atom. The Morgan fingerprint density at radius 2 is 1.77 bits per heavy atom. The molecule has 0 aromatic carbocycles. The van der Waals surface area contributed by atoms with Gasteiger partial charge in [-0.25, -0.2) is 0 Å². The van der Waals surface area contributed by atoms with Gasteiger partial charge in [0.15, 0.2) is 0 Å². The molecular formula is C26H44O4. The molecule has 4 fully saturated rings. The molecule has 4 aliphatic carbocycles. The molecule has 172 valence electrons. The molecule has 0 aliphatic heterocycles. The van der Waals surface area contributed by atoms with Crippen LogP contribution >= 0.6 is 0 Å². The van der Waals surface area contributed by atoms with Gasteiger partial charge in [0.1, 0.15) is 0 Å². The lowest BCUT2D eigenvalue weighted by Crippen LogP contribution is -2.58. The van der Waals surface area contributed by atoms with Crippen LogP contribution in [0.15, 0.2) is 0 Å². The van der Waals surface area contributed by atoms with Crippen molar-refractivity contribution in [1.82, 2.24) is 0 Å². The zero-order valence-corrected chi connectivity index (χ0v) is 19.4. The van der Waals surface area contributed by atoms with Crippen LogP contribution in [0.25, 0.3) is 0 Å². The van der Waals surface area contributed by atoms with Crippen molar-refractivity contribution < 1.29 is 20.1 Å². The molecule has 0 bridgehead atoms. The van der Waals surface area contributed by atoms with Crippen LogP contribution in [0.4, 0.5) is 0 Å². The summed E-state index contributed by atoms with van der Waals surface area (Å²) in [5, 5.41) is 30.7. The SMILES string of the molecule is CC(CCCCC(=O)O)[C@H]1CCC2C3CCC4CC(O)CC[C@]4(C)C3CC(O)[C@@]21C. The highest BCUT2D eigenvalue weighted by atomic mass is 16.4. The first-order chi connectivity index (χ1) is 14.2. The van der Waals surface area contributed by atoms with E-state index in [4.69, 9.17) is 5.11 Å². The summed E-state index contributed by atoms with van der Waals surface area (Å²) in [6, 6.07) is 0. The van der Waals surface area contributed by atoms with Crippen LogP contribution in [0.2, 0.25) is 0 Å². The summed E-state index contributed by atoms with van der Waals surface area (Å²) in [6.45, 7) is 7.22. The minimum absolute atomic E-state index is 0.0186. The smallest absolute Gasteiger partial charge is 0.303 e. The normalized spacial score (nSPS) is 49.0. The Balaban J connectivity index is 1.48. The molecule has 4 saturated carbocycles. The predicted octanol–water partition coefficient (Wildman–Crippen LogP) is 5.26. The number of hydrogen-bond acceptors (Lipinski definition) is 3. The van der Waals surface area contributed by atoms with Crippen molar-refractivity contribution in [3.8, 4) is 0 Å². The third-order valence-corrected chi connectivity index (χ3v) is 10.8. The average Bonchev–Trinajstić information content (AvgIpc) is 3.05. The van der Waals surface area contributed by atoms with Crippen LogP contribution in [0, 0.1) is 46.3 Å². The second-order valence-corrected chi connectivity index (χ2v) is 12.0. The molecule has 10 atom stereocenters. The third kappa shape index (κ3) is 3.64. The first-order valence-corrected chi connectivity index (χ1v) is 12.8. The number of aliphatic hydroxyl groups is 2.